The van der Waals surface area contributed by atoms with Gasteiger partial charge in [-0.1, -0.05) is 22.9 Å². The molecule has 1 heterocycles. The maximum Gasteiger partial charge on any atom is 0.244 e. The summed E-state index contributed by atoms with van der Waals surface area (Å²) in [7, 11) is 0. The van der Waals surface area contributed by atoms with Crippen LogP contribution in [-0.4, -0.2) is 16.3 Å². The molecule has 0 atom stereocenters. The summed E-state index contributed by atoms with van der Waals surface area (Å²) in [4.78, 5) is 23.4. The van der Waals surface area contributed by atoms with E-state index < -0.39 is 0 Å². The molecular formula is C15H15BrN2O2. The van der Waals surface area contributed by atoms with Crippen LogP contribution in [0.15, 0.2) is 47.2 Å². The van der Waals surface area contributed by atoms with E-state index in [1.165, 1.54) is 0 Å². The first-order valence-corrected chi connectivity index (χ1v) is 7.12. The fraction of sp³-hybridized carbons (Fsp3) is 0.200. The zero-order chi connectivity index (χ0) is 14.5. The zero-order valence-corrected chi connectivity index (χ0v) is 12.7. The Kier molecular flexibility index (Phi) is 4.74. The molecule has 2 aromatic rings. The Morgan fingerprint density at radius 1 is 1.20 bits per heavy atom. The summed E-state index contributed by atoms with van der Waals surface area (Å²) in [5.41, 5.74) is 1.39. The van der Waals surface area contributed by atoms with E-state index in [-0.39, 0.29) is 18.2 Å². The van der Waals surface area contributed by atoms with Gasteiger partial charge in [0.05, 0.1) is 0 Å². The molecule has 5 heteroatoms. The number of hydrogen-bond donors (Lipinski definition) is 1. The maximum atomic E-state index is 11.9. The molecule has 1 aromatic heterocycles. The van der Waals surface area contributed by atoms with Gasteiger partial charge in [0.1, 0.15) is 6.54 Å². The van der Waals surface area contributed by atoms with Crippen LogP contribution in [0.4, 0.5) is 5.69 Å². The van der Waals surface area contributed by atoms with Gasteiger partial charge >= 0.3 is 0 Å². The van der Waals surface area contributed by atoms with Gasteiger partial charge in [0.15, 0.2) is 5.78 Å². The average molecular weight is 335 g/mol. The molecule has 4 nitrogen and oxygen atoms in total. The third-order valence-electron chi connectivity index (χ3n) is 2.85. The first-order valence-electron chi connectivity index (χ1n) is 6.33. The molecule has 0 fully saturated rings. The monoisotopic (exact) mass is 334 g/mol. The number of carbonyl (C=O) groups is 2. The predicted molar refractivity (Wildman–Crippen MR) is 81.8 cm³/mol. The summed E-state index contributed by atoms with van der Waals surface area (Å²) >= 11 is 3.34. The lowest BCUT2D eigenvalue weighted by Gasteiger charge is -2.06. The minimum absolute atomic E-state index is 0.0806. The zero-order valence-electron chi connectivity index (χ0n) is 11.1. The fourth-order valence-corrected chi connectivity index (χ4v) is 2.07. The summed E-state index contributed by atoms with van der Waals surface area (Å²) < 4.78 is 2.67. The highest BCUT2D eigenvalue weighted by Gasteiger charge is 2.07. The summed E-state index contributed by atoms with van der Waals surface area (Å²) in [6.45, 7) is 2.01. The summed E-state index contributed by atoms with van der Waals surface area (Å²) in [6, 6.07) is 9.11. The molecule has 1 N–H and O–H groups in total. The van der Waals surface area contributed by atoms with Crippen LogP contribution in [0.5, 0.6) is 0 Å². The van der Waals surface area contributed by atoms with Crippen molar-refractivity contribution in [3.05, 3.63) is 52.8 Å². The van der Waals surface area contributed by atoms with Crippen LogP contribution in [0.1, 0.15) is 23.7 Å². The topological polar surface area (TPSA) is 51.1 Å². The standard InChI is InChI=1S/C15H15BrN2O2/c1-2-14(19)11-7-8-18(9-11)10-15(20)17-13-5-3-12(16)4-6-13/h3-9H,2,10H2,1H3,(H,17,20). The number of nitrogens with one attached hydrogen (secondary N) is 1. The van der Waals surface area contributed by atoms with Crippen LogP contribution in [0, 0.1) is 0 Å². The van der Waals surface area contributed by atoms with E-state index in [4.69, 9.17) is 0 Å². The third kappa shape index (κ3) is 3.81. The van der Waals surface area contributed by atoms with E-state index in [1.54, 1.807) is 23.0 Å². The van der Waals surface area contributed by atoms with Crippen molar-refractivity contribution < 1.29 is 9.59 Å². The molecular weight excluding hydrogens is 320 g/mol. The summed E-state index contributed by atoms with van der Waals surface area (Å²) in [5, 5.41) is 2.80. The molecule has 104 valence electrons. The summed E-state index contributed by atoms with van der Waals surface area (Å²) in [5.74, 6) is -0.0458. The molecule has 0 radical (unpaired) electrons. The Morgan fingerprint density at radius 3 is 2.55 bits per heavy atom. The van der Waals surface area contributed by atoms with Crippen molar-refractivity contribution in [3.8, 4) is 0 Å². The Balaban J connectivity index is 1.96. The van der Waals surface area contributed by atoms with Gasteiger partial charge in [-0.2, -0.15) is 0 Å². The smallest absolute Gasteiger partial charge is 0.244 e. The molecule has 0 aliphatic heterocycles. The number of carbonyl (C=O) groups excluding carboxylic acids is 2. The van der Waals surface area contributed by atoms with Crippen molar-refractivity contribution in [2.75, 3.05) is 5.32 Å². The van der Waals surface area contributed by atoms with Gasteiger partial charge in [-0.05, 0) is 30.3 Å². The maximum absolute atomic E-state index is 11.9. The third-order valence-corrected chi connectivity index (χ3v) is 3.38. The molecule has 0 bridgehead atoms. The second-order valence-electron chi connectivity index (χ2n) is 4.40. The van der Waals surface area contributed by atoms with Crippen LogP contribution in [0.25, 0.3) is 0 Å². The molecule has 0 saturated carbocycles. The van der Waals surface area contributed by atoms with Gasteiger partial charge in [0.25, 0.3) is 0 Å². The number of halogens is 1. The van der Waals surface area contributed by atoms with Gasteiger partial charge < -0.3 is 9.88 Å². The molecule has 2 rings (SSSR count). The molecule has 1 amide bonds. The molecule has 0 unspecified atom stereocenters. The van der Waals surface area contributed by atoms with E-state index in [0.29, 0.717) is 12.0 Å². The van der Waals surface area contributed by atoms with Crippen LogP contribution in [-0.2, 0) is 11.3 Å². The predicted octanol–water partition coefficient (Wildman–Crippen LogP) is 3.48. The Hall–Kier alpha value is -1.88. The number of nitrogens with zero attached hydrogens (tertiary/aromatic N) is 1. The minimum atomic E-state index is -0.126. The molecule has 1 aromatic carbocycles. The number of benzene rings is 1. The largest absolute Gasteiger partial charge is 0.344 e. The lowest BCUT2D eigenvalue weighted by molar-refractivity contribution is -0.116. The lowest BCUT2D eigenvalue weighted by atomic mass is 10.2. The van der Waals surface area contributed by atoms with Crippen molar-refractivity contribution >= 4 is 33.3 Å². The highest BCUT2D eigenvalue weighted by atomic mass is 79.9. The van der Waals surface area contributed by atoms with Crippen molar-refractivity contribution in [3.63, 3.8) is 0 Å². The second kappa shape index (κ2) is 6.52. The van der Waals surface area contributed by atoms with Crippen LogP contribution >= 0.6 is 15.9 Å². The number of aromatic nitrogens is 1. The van der Waals surface area contributed by atoms with E-state index >= 15 is 0 Å². The van der Waals surface area contributed by atoms with E-state index in [9.17, 15) is 9.59 Å². The Morgan fingerprint density at radius 2 is 1.90 bits per heavy atom. The fourth-order valence-electron chi connectivity index (χ4n) is 1.81. The van der Waals surface area contributed by atoms with Gasteiger partial charge in [-0.15, -0.1) is 0 Å². The number of amides is 1. The molecule has 20 heavy (non-hydrogen) atoms. The van der Waals surface area contributed by atoms with E-state index in [1.807, 2.05) is 31.2 Å². The first-order chi connectivity index (χ1) is 9.58. The lowest BCUT2D eigenvalue weighted by Crippen LogP contribution is -2.17. The molecule has 0 saturated heterocycles. The minimum Gasteiger partial charge on any atom is -0.344 e. The number of Topliss-reactive ketones (excluding diaryl/α,β-unsaturated/α-hetero) is 1. The molecule has 0 aliphatic rings. The van der Waals surface area contributed by atoms with Crippen molar-refractivity contribution in [1.29, 1.82) is 0 Å². The van der Waals surface area contributed by atoms with Crippen LogP contribution in [0.3, 0.4) is 0 Å². The van der Waals surface area contributed by atoms with Crippen molar-refractivity contribution in [1.82, 2.24) is 4.57 Å². The van der Waals surface area contributed by atoms with E-state index in [0.717, 1.165) is 10.2 Å². The van der Waals surface area contributed by atoms with Gasteiger partial charge in [0, 0.05) is 34.5 Å². The second-order valence-corrected chi connectivity index (χ2v) is 5.32. The normalized spacial score (nSPS) is 10.3. The molecule has 0 spiro atoms. The van der Waals surface area contributed by atoms with Crippen molar-refractivity contribution in [2.45, 2.75) is 19.9 Å². The Labute approximate surface area is 125 Å². The van der Waals surface area contributed by atoms with Crippen LogP contribution in [0.2, 0.25) is 0 Å². The van der Waals surface area contributed by atoms with E-state index in [2.05, 4.69) is 21.2 Å². The number of hydrogen-bond acceptors (Lipinski definition) is 2. The highest BCUT2D eigenvalue weighted by molar-refractivity contribution is 9.10. The highest BCUT2D eigenvalue weighted by Crippen LogP contribution is 2.14. The average Bonchev–Trinajstić information content (AvgIpc) is 2.89. The number of ketones is 1. The van der Waals surface area contributed by atoms with Crippen LogP contribution < -0.4 is 5.32 Å². The van der Waals surface area contributed by atoms with Gasteiger partial charge in [-0.3, -0.25) is 9.59 Å². The summed E-state index contributed by atoms with van der Waals surface area (Å²) in [6.07, 6.45) is 3.91. The van der Waals surface area contributed by atoms with Gasteiger partial charge in [0.2, 0.25) is 5.91 Å². The first kappa shape index (κ1) is 14.5. The number of anilines is 1. The van der Waals surface area contributed by atoms with Crippen molar-refractivity contribution in [2.24, 2.45) is 0 Å². The Bertz CT molecular complexity index is 617. The molecule has 0 aliphatic carbocycles. The SMILES string of the molecule is CCC(=O)c1ccn(CC(=O)Nc2ccc(Br)cc2)c1. The van der Waals surface area contributed by atoms with Gasteiger partial charge in [-0.25, -0.2) is 0 Å². The quantitative estimate of drug-likeness (QED) is 0.851. The number of rotatable bonds is 5.